The van der Waals surface area contributed by atoms with Crippen LogP contribution in [0.3, 0.4) is 0 Å². The van der Waals surface area contributed by atoms with Crippen LogP contribution < -0.4 is 16.2 Å². The molecule has 0 radical (unpaired) electrons. The average Bonchev–Trinajstić information content (AvgIpc) is 2.25. The molecule has 4 N–H and O–H groups in total. The van der Waals surface area contributed by atoms with Gasteiger partial charge in [-0.25, -0.2) is 0 Å². The van der Waals surface area contributed by atoms with E-state index in [4.69, 9.17) is 20.9 Å². The van der Waals surface area contributed by atoms with E-state index in [0.29, 0.717) is 19.0 Å². The van der Waals surface area contributed by atoms with Gasteiger partial charge in [0, 0.05) is 0 Å². The summed E-state index contributed by atoms with van der Waals surface area (Å²) in [5.74, 6) is -0.111. The molecule has 0 saturated heterocycles. The number of amides is 1. The Kier molecular flexibility index (Phi) is 4.78. The zero-order chi connectivity index (χ0) is 12.8. The largest absolute Gasteiger partial charge is 0.489 e. The molecule has 0 aliphatic carbocycles. The van der Waals surface area contributed by atoms with Crippen molar-refractivity contribution in [2.75, 3.05) is 18.9 Å². The summed E-state index contributed by atoms with van der Waals surface area (Å²) < 4.78 is 10.7. The smallest absolute Gasteiger partial charge is 0.250 e. The molecule has 0 spiro atoms. The molecule has 0 aliphatic rings. The van der Waals surface area contributed by atoms with Crippen molar-refractivity contribution in [2.45, 2.75) is 20.0 Å². The maximum atomic E-state index is 11.1. The van der Waals surface area contributed by atoms with Crippen LogP contribution in [0.25, 0.3) is 0 Å². The average molecular weight is 238 g/mol. The van der Waals surface area contributed by atoms with Crippen molar-refractivity contribution in [3.8, 4) is 5.75 Å². The fourth-order valence-corrected chi connectivity index (χ4v) is 1.32. The quantitative estimate of drug-likeness (QED) is 0.575. The number of primary amides is 1. The highest BCUT2D eigenvalue weighted by Crippen LogP contribution is 2.24. The van der Waals surface area contributed by atoms with Crippen molar-refractivity contribution in [1.82, 2.24) is 0 Å². The van der Waals surface area contributed by atoms with Gasteiger partial charge in [0.15, 0.2) is 0 Å². The molecule has 5 heteroatoms. The van der Waals surface area contributed by atoms with Crippen LogP contribution >= 0.6 is 0 Å². The first-order chi connectivity index (χ1) is 8.02. The third kappa shape index (κ3) is 3.96. The molecule has 0 unspecified atom stereocenters. The monoisotopic (exact) mass is 238 g/mol. The number of ether oxygens (including phenoxy) is 2. The zero-order valence-corrected chi connectivity index (χ0v) is 10.1. The number of para-hydroxylation sites is 1. The molecule has 0 atom stereocenters. The molecule has 0 aliphatic heterocycles. The molecule has 0 bridgehead atoms. The second-order valence-corrected chi connectivity index (χ2v) is 3.85. The van der Waals surface area contributed by atoms with E-state index in [0.717, 1.165) is 0 Å². The van der Waals surface area contributed by atoms with Gasteiger partial charge in [0.2, 0.25) is 0 Å². The highest BCUT2D eigenvalue weighted by atomic mass is 16.5. The predicted molar refractivity (Wildman–Crippen MR) is 66.0 cm³/mol. The molecule has 17 heavy (non-hydrogen) atoms. The summed E-state index contributed by atoms with van der Waals surface area (Å²) in [6.45, 7) is 4.74. The van der Waals surface area contributed by atoms with Gasteiger partial charge in [-0.3, -0.25) is 4.79 Å². The van der Waals surface area contributed by atoms with Gasteiger partial charge in [0.05, 0.1) is 24.0 Å². The van der Waals surface area contributed by atoms with E-state index in [9.17, 15) is 4.79 Å². The van der Waals surface area contributed by atoms with Gasteiger partial charge in [-0.1, -0.05) is 6.07 Å². The summed E-state index contributed by atoms with van der Waals surface area (Å²) in [7, 11) is 0. The Bertz CT molecular complexity index is 391. The number of carbonyl (C=O) groups excluding carboxylic acids is 1. The summed E-state index contributed by atoms with van der Waals surface area (Å²) in [6.07, 6.45) is 0.160. The van der Waals surface area contributed by atoms with Gasteiger partial charge in [-0.15, -0.1) is 0 Å². The van der Waals surface area contributed by atoms with E-state index >= 15 is 0 Å². The highest BCUT2D eigenvalue weighted by molar-refractivity contribution is 5.99. The lowest BCUT2D eigenvalue weighted by molar-refractivity contribution is 0.0554. The molecule has 1 aromatic rings. The van der Waals surface area contributed by atoms with Crippen LogP contribution in [0.1, 0.15) is 24.2 Å². The van der Waals surface area contributed by atoms with Crippen LogP contribution in [0.2, 0.25) is 0 Å². The summed E-state index contributed by atoms with van der Waals surface area (Å²) in [6, 6.07) is 4.93. The maximum Gasteiger partial charge on any atom is 0.250 e. The summed E-state index contributed by atoms with van der Waals surface area (Å²) in [4.78, 5) is 11.1. The minimum Gasteiger partial charge on any atom is -0.489 e. The van der Waals surface area contributed by atoms with Crippen LogP contribution in [0.5, 0.6) is 5.75 Å². The minimum atomic E-state index is -0.564. The molecular weight excluding hydrogens is 220 g/mol. The van der Waals surface area contributed by atoms with Crippen molar-refractivity contribution in [1.29, 1.82) is 0 Å². The number of nitrogen functional groups attached to an aromatic ring is 1. The Morgan fingerprint density at radius 3 is 2.65 bits per heavy atom. The third-order valence-electron chi connectivity index (χ3n) is 2.12. The minimum absolute atomic E-state index is 0.160. The lowest BCUT2D eigenvalue weighted by Gasteiger charge is -2.12. The Labute approximate surface area is 101 Å². The van der Waals surface area contributed by atoms with E-state index < -0.39 is 5.91 Å². The normalized spacial score (nSPS) is 10.5. The fourth-order valence-electron chi connectivity index (χ4n) is 1.32. The maximum absolute atomic E-state index is 11.1. The van der Waals surface area contributed by atoms with Crippen molar-refractivity contribution >= 4 is 11.6 Å². The molecular formula is C12H18N2O3. The lowest BCUT2D eigenvalue weighted by Crippen LogP contribution is -2.15. The summed E-state index contributed by atoms with van der Waals surface area (Å²) >= 11 is 0. The number of anilines is 1. The Morgan fingerprint density at radius 2 is 2.06 bits per heavy atom. The summed E-state index contributed by atoms with van der Waals surface area (Å²) in [5, 5.41) is 0. The fraction of sp³-hybridized carbons (Fsp3) is 0.417. The van der Waals surface area contributed by atoms with E-state index in [-0.39, 0.29) is 17.4 Å². The first kappa shape index (κ1) is 13.3. The van der Waals surface area contributed by atoms with Gasteiger partial charge in [0.1, 0.15) is 12.4 Å². The topological polar surface area (TPSA) is 87.6 Å². The van der Waals surface area contributed by atoms with E-state index in [1.165, 1.54) is 0 Å². The number of rotatable bonds is 6. The van der Waals surface area contributed by atoms with Gasteiger partial charge in [0.25, 0.3) is 5.91 Å². The van der Waals surface area contributed by atoms with Crippen molar-refractivity contribution in [3.05, 3.63) is 23.8 Å². The molecule has 1 aromatic carbocycles. The van der Waals surface area contributed by atoms with Crippen LogP contribution in [-0.4, -0.2) is 25.2 Å². The summed E-state index contributed by atoms with van der Waals surface area (Å²) in [5.41, 5.74) is 11.5. The first-order valence-corrected chi connectivity index (χ1v) is 5.45. The molecule has 1 rings (SSSR count). The van der Waals surface area contributed by atoms with E-state index in [1.807, 2.05) is 13.8 Å². The number of nitrogens with two attached hydrogens (primary N) is 2. The molecule has 0 heterocycles. The van der Waals surface area contributed by atoms with Gasteiger partial charge in [-0.05, 0) is 26.0 Å². The van der Waals surface area contributed by atoms with Crippen LogP contribution in [0.15, 0.2) is 18.2 Å². The van der Waals surface area contributed by atoms with Gasteiger partial charge < -0.3 is 20.9 Å². The zero-order valence-electron chi connectivity index (χ0n) is 10.1. The Hall–Kier alpha value is -1.75. The van der Waals surface area contributed by atoms with Gasteiger partial charge >= 0.3 is 0 Å². The number of carbonyl (C=O) groups is 1. The predicted octanol–water partition coefficient (Wildman–Crippen LogP) is 1.17. The van der Waals surface area contributed by atoms with Crippen molar-refractivity contribution < 1.29 is 14.3 Å². The Balaban J connectivity index is 2.59. The number of benzene rings is 1. The number of hydrogen-bond acceptors (Lipinski definition) is 4. The van der Waals surface area contributed by atoms with E-state index in [2.05, 4.69) is 0 Å². The van der Waals surface area contributed by atoms with E-state index in [1.54, 1.807) is 18.2 Å². The molecule has 0 saturated carbocycles. The second kappa shape index (κ2) is 6.10. The first-order valence-electron chi connectivity index (χ1n) is 5.45. The van der Waals surface area contributed by atoms with Crippen molar-refractivity contribution in [2.24, 2.45) is 5.73 Å². The van der Waals surface area contributed by atoms with Crippen LogP contribution in [0, 0.1) is 0 Å². The molecule has 0 aromatic heterocycles. The number of hydrogen-bond donors (Lipinski definition) is 2. The molecule has 94 valence electrons. The van der Waals surface area contributed by atoms with Crippen LogP contribution in [-0.2, 0) is 4.74 Å². The highest BCUT2D eigenvalue weighted by Gasteiger charge is 2.10. The second-order valence-electron chi connectivity index (χ2n) is 3.85. The SMILES string of the molecule is CC(C)OCCOc1cccc(C(N)=O)c1N. The van der Waals surface area contributed by atoms with Crippen molar-refractivity contribution in [3.63, 3.8) is 0 Å². The Morgan fingerprint density at radius 1 is 1.35 bits per heavy atom. The molecule has 1 amide bonds. The van der Waals surface area contributed by atoms with Crippen LogP contribution in [0.4, 0.5) is 5.69 Å². The third-order valence-corrected chi connectivity index (χ3v) is 2.12. The standard InChI is InChI=1S/C12H18N2O3/c1-8(2)16-6-7-17-10-5-3-4-9(11(10)13)12(14)15/h3-5,8H,6-7,13H2,1-2H3,(H2,14,15). The lowest BCUT2D eigenvalue weighted by atomic mass is 10.1. The molecule has 0 fully saturated rings. The van der Waals surface area contributed by atoms with Gasteiger partial charge in [-0.2, -0.15) is 0 Å². The molecule has 5 nitrogen and oxygen atoms in total.